The van der Waals surface area contributed by atoms with Gasteiger partial charge in [0.25, 0.3) is 0 Å². The van der Waals surface area contributed by atoms with E-state index in [0.29, 0.717) is 12.8 Å². The molecule has 23 heavy (non-hydrogen) atoms. The summed E-state index contributed by atoms with van der Waals surface area (Å²) in [6.07, 6.45) is 7.56. The van der Waals surface area contributed by atoms with Crippen molar-refractivity contribution in [3.05, 3.63) is 36.1 Å². The second-order valence-electron chi connectivity index (χ2n) is 5.09. The number of carbonyl (C=O) groups excluding carboxylic acids is 2. The lowest BCUT2D eigenvalue weighted by Gasteiger charge is -2.11. The standard InChI is InChI=1S/C17H22N2O4/c1-3-16(20)22-11-4-5-12-23-17(21)14(13-18)8-9-15-7-6-10-19(15)2/h3,8-9H,1,4-7,10-12H2,2H3/b14-8-,15-9+. The van der Waals surface area contributed by atoms with Crippen LogP contribution in [-0.4, -0.2) is 43.6 Å². The maximum Gasteiger partial charge on any atom is 0.348 e. The van der Waals surface area contributed by atoms with Crippen LogP contribution in [0.4, 0.5) is 0 Å². The second-order valence-corrected chi connectivity index (χ2v) is 5.09. The fraction of sp³-hybridized carbons (Fsp3) is 0.471. The number of likely N-dealkylation sites (tertiary alicyclic amines) is 1. The first-order valence-electron chi connectivity index (χ1n) is 7.57. The molecule has 6 nitrogen and oxygen atoms in total. The molecule has 1 saturated heterocycles. The molecule has 0 unspecified atom stereocenters. The van der Waals surface area contributed by atoms with Crippen molar-refractivity contribution in [3.63, 3.8) is 0 Å². The van der Waals surface area contributed by atoms with Crippen LogP contribution in [-0.2, 0) is 19.1 Å². The van der Waals surface area contributed by atoms with Crippen LogP contribution < -0.4 is 0 Å². The molecule has 1 aliphatic heterocycles. The SMILES string of the molecule is C=CC(=O)OCCCCOC(=O)/C(C#N)=C\C=C1/CCCN1C. The van der Waals surface area contributed by atoms with Gasteiger partial charge in [0.15, 0.2) is 0 Å². The number of unbranched alkanes of at least 4 members (excludes halogenated alkanes) is 1. The van der Waals surface area contributed by atoms with E-state index in [4.69, 9.17) is 14.7 Å². The van der Waals surface area contributed by atoms with Gasteiger partial charge in [0.05, 0.1) is 13.2 Å². The van der Waals surface area contributed by atoms with E-state index in [9.17, 15) is 9.59 Å². The number of esters is 2. The Kier molecular flexibility index (Phi) is 8.22. The number of nitrogens with zero attached hydrogens (tertiary/aromatic N) is 2. The molecule has 1 fully saturated rings. The molecule has 0 spiro atoms. The van der Waals surface area contributed by atoms with E-state index in [1.54, 1.807) is 6.08 Å². The van der Waals surface area contributed by atoms with Crippen molar-refractivity contribution in [1.82, 2.24) is 4.90 Å². The monoisotopic (exact) mass is 318 g/mol. The average Bonchev–Trinajstić information content (AvgIpc) is 2.96. The zero-order valence-electron chi connectivity index (χ0n) is 13.4. The third kappa shape index (κ3) is 6.83. The van der Waals surface area contributed by atoms with E-state index in [2.05, 4.69) is 11.5 Å². The van der Waals surface area contributed by atoms with Crippen LogP contribution in [0.15, 0.2) is 36.1 Å². The van der Waals surface area contributed by atoms with Gasteiger partial charge >= 0.3 is 11.9 Å². The first-order chi connectivity index (χ1) is 11.1. The van der Waals surface area contributed by atoms with Gasteiger partial charge in [0.1, 0.15) is 11.6 Å². The van der Waals surface area contributed by atoms with Gasteiger partial charge in [0, 0.05) is 25.4 Å². The fourth-order valence-corrected chi connectivity index (χ4v) is 2.05. The van der Waals surface area contributed by atoms with Gasteiger partial charge in [-0.05, 0) is 37.8 Å². The Morgan fingerprint density at radius 1 is 1.35 bits per heavy atom. The van der Waals surface area contributed by atoms with Crippen molar-refractivity contribution in [3.8, 4) is 6.07 Å². The Balaban J connectivity index is 2.33. The predicted octanol–water partition coefficient (Wildman–Crippen LogP) is 2.10. The number of nitriles is 1. The summed E-state index contributed by atoms with van der Waals surface area (Å²) in [5.74, 6) is -1.10. The molecule has 1 rings (SSSR count). The summed E-state index contributed by atoms with van der Waals surface area (Å²) in [5, 5.41) is 9.04. The molecule has 0 atom stereocenters. The van der Waals surface area contributed by atoms with Crippen LogP contribution in [0.5, 0.6) is 0 Å². The minimum atomic E-state index is -0.631. The summed E-state index contributed by atoms with van der Waals surface area (Å²) in [4.78, 5) is 24.7. The van der Waals surface area contributed by atoms with Crippen LogP contribution in [0.2, 0.25) is 0 Å². The lowest BCUT2D eigenvalue weighted by Crippen LogP contribution is -2.11. The number of ether oxygens (including phenoxy) is 2. The number of rotatable bonds is 8. The van der Waals surface area contributed by atoms with E-state index in [-0.39, 0.29) is 18.8 Å². The predicted molar refractivity (Wildman–Crippen MR) is 85.0 cm³/mol. The molecule has 0 aromatic rings. The maximum atomic E-state index is 11.8. The van der Waals surface area contributed by atoms with Crippen molar-refractivity contribution in [2.45, 2.75) is 25.7 Å². The summed E-state index contributed by atoms with van der Waals surface area (Å²) in [5.41, 5.74) is 1.09. The zero-order chi connectivity index (χ0) is 17.1. The molecule has 0 amide bonds. The van der Waals surface area contributed by atoms with E-state index < -0.39 is 11.9 Å². The summed E-state index contributed by atoms with van der Waals surface area (Å²) < 4.78 is 9.84. The normalized spacial score (nSPS) is 16.1. The maximum absolute atomic E-state index is 11.8. The van der Waals surface area contributed by atoms with Crippen molar-refractivity contribution in [2.75, 3.05) is 26.8 Å². The van der Waals surface area contributed by atoms with Crippen LogP contribution in [0.3, 0.4) is 0 Å². The molecule has 124 valence electrons. The van der Waals surface area contributed by atoms with Crippen LogP contribution in [0.1, 0.15) is 25.7 Å². The summed E-state index contributed by atoms with van der Waals surface area (Å²) in [6.45, 7) is 4.71. The Morgan fingerprint density at radius 3 is 2.61 bits per heavy atom. The highest BCUT2D eigenvalue weighted by Crippen LogP contribution is 2.18. The minimum absolute atomic E-state index is 0.0177. The largest absolute Gasteiger partial charge is 0.463 e. The first kappa shape index (κ1) is 18.5. The molecule has 6 heteroatoms. The Morgan fingerprint density at radius 2 is 2.04 bits per heavy atom. The van der Waals surface area contributed by atoms with Gasteiger partial charge in [-0.2, -0.15) is 5.26 Å². The van der Waals surface area contributed by atoms with Crippen LogP contribution >= 0.6 is 0 Å². The highest BCUT2D eigenvalue weighted by atomic mass is 16.5. The van der Waals surface area contributed by atoms with Crippen molar-refractivity contribution < 1.29 is 19.1 Å². The number of hydrogen-bond acceptors (Lipinski definition) is 6. The van der Waals surface area contributed by atoms with Gasteiger partial charge in [-0.25, -0.2) is 9.59 Å². The molecule has 0 N–H and O–H groups in total. The second kappa shape index (κ2) is 10.2. The smallest absolute Gasteiger partial charge is 0.348 e. The molecule has 0 radical (unpaired) electrons. The van der Waals surface area contributed by atoms with Gasteiger partial charge in [-0.3, -0.25) is 0 Å². The Hall–Kier alpha value is -2.55. The molecule has 0 saturated carbocycles. The Bertz CT molecular complexity index is 543. The topological polar surface area (TPSA) is 79.6 Å². The van der Waals surface area contributed by atoms with E-state index in [1.165, 1.54) is 6.08 Å². The van der Waals surface area contributed by atoms with Gasteiger partial charge in [-0.15, -0.1) is 0 Å². The van der Waals surface area contributed by atoms with Gasteiger partial charge in [-0.1, -0.05) is 6.58 Å². The van der Waals surface area contributed by atoms with E-state index in [0.717, 1.165) is 31.2 Å². The fourth-order valence-electron chi connectivity index (χ4n) is 2.05. The lowest BCUT2D eigenvalue weighted by molar-refractivity contribution is -0.140. The third-order valence-electron chi connectivity index (χ3n) is 3.38. The zero-order valence-corrected chi connectivity index (χ0v) is 13.4. The summed E-state index contributed by atoms with van der Waals surface area (Å²) in [6, 6.07) is 1.86. The molecular weight excluding hydrogens is 296 g/mol. The number of allylic oxidation sites excluding steroid dienone is 3. The highest BCUT2D eigenvalue weighted by Gasteiger charge is 2.13. The third-order valence-corrected chi connectivity index (χ3v) is 3.38. The molecule has 1 heterocycles. The molecule has 0 aromatic heterocycles. The van der Waals surface area contributed by atoms with Gasteiger partial charge in [0.2, 0.25) is 0 Å². The van der Waals surface area contributed by atoms with E-state index >= 15 is 0 Å². The molecule has 0 aromatic carbocycles. The van der Waals surface area contributed by atoms with Crippen LogP contribution in [0, 0.1) is 11.3 Å². The molecule has 0 aliphatic carbocycles. The molecule has 0 bridgehead atoms. The molecule has 1 aliphatic rings. The number of carbonyl (C=O) groups is 2. The van der Waals surface area contributed by atoms with Crippen LogP contribution in [0.25, 0.3) is 0 Å². The van der Waals surface area contributed by atoms with Gasteiger partial charge < -0.3 is 14.4 Å². The molecular formula is C17H22N2O4. The first-order valence-corrected chi connectivity index (χ1v) is 7.57. The Labute approximate surface area is 136 Å². The number of hydrogen-bond donors (Lipinski definition) is 0. The summed E-state index contributed by atoms with van der Waals surface area (Å²) >= 11 is 0. The van der Waals surface area contributed by atoms with Crippen molar-refractivity contribution >= 4 is 11.9 Å². The van der Waals surface area contributed by atoms with Crippen molar-refractivity contribution in [2.24, 2.45) is 0 Å². The summed E-state index contributed by atoms with van der Waals surface area (Å²) in [7, 11) is 1.98. The van der Waals surface area contributed by atoms with Crippen molar-refractivity contribution in [1.29, 1.82) is 5.26 Å². The average molecular weight is 318 g/mol. The minimum Gasteiger partial charge on any atom is -0.463 e. The highest BCUT2D eigenvalue weighted by molar-refractivity contribution is 5.93. The lowest BCUT2D eigenvalue weighted by atomic mass is 10.2. The quantitative estimate of drug-likeness (QED) is 0.295. The van der Waals surface area contributed by atoms with E-state index in [1.807, 2.05) is 13.1 Å².